The molecule has 0 aliphatic carbocycles. The summed E-state index contributed by atoms with van der Waals surface area (Å²) < 4.78 is 5.10. The Morgan fingerprint density at radius 3 is 1.18 bits per heavy atom. The van der Waals surface area contributed by atoms with Gasteiger partial charge in [0, 0.05) is 54.3 Å². The molecule has 4 rings (SSSR count). The number of hydrogen-bond acceptors (Lipinski definition) is 7. The molecule has 0 radical (unpaired) electrons. The number of carbonyl (C=O) groups is 2. The summed E-state index contributed by atoms with van der Waals surface area (Å²) >= 11 is 7.46. The topological polar surface area (TPSA) is 63.6 Å². The Hall–Kier alpha value is -2.26. The summed E-state index contributed by atoms with van der Waals surface area (Å²) in [6.45, 7) is 17.2. The molecular weight excluding hydrogens is 565 g/mol. The van der Waals surface area contributed by atoms with E-state index in [9.17, 15) is 4.79 Å². The Kier molecular flexibility index (Phi) is 15.5. The van der Waals surface area contributed by atoms with E-state index >= 15 is 0 Å². The van der Waals surface area contributed by atoms with Crippen LogP contribution in [0.3, 0.4) is 0 Å². The number of aliphatic carboxylic acids is 1. The number of carboxylic acids is 1. The van der Waals surface area contributed by atoms with Crippen LogP contribution in [0.15, 0.2) is 48.5 Å². The second kappa shape index (κ2) is 17.4. The smallest absolute Gasteiger partial charge is 0.303 e. The van der Waals surface area contributed by atoms with E-state index < -0.39 is 5.97 Å². The first-order valence-corrected chi connectivity index (χ1v) is 16.1. The lowest BCUT2D eigenvalue weighted by molar-refractivity contribution is -0.154. The predicted octanol–water partition coefficient (Wildman–Crippen LogP) is 11.0. The van der Waals surface area contributed by atoms with Crippen LogP contribution in [0.25, 0.3) is 19.5 Å². The first-order chi connectivity index (χ1) is 18.2. The van der Waals surface area contributed by atoms with E-state index in [0.29, 0.717) is 0 Å². The molecule has 4 aromatic heterocycles. The van der Waals surface area contributed by atoms with E-state index in [-0.39, 0.29) is 13.0 Å². The first kappa shape index (κ1) is 34.8. The largest absolute Gasteiger partial charge is 0.481 e. The SMILES string of the molecule is CC(=O)O.CCCCC(C)(C)OC(C)=O.Cc1ccc(-c2ccc(C)s2)s1.Cc1ccc(-c2ccc(C)s2)s1.[2HH]. The number of aryl methyl sites for hydroxylation is 4. The highest BCUT2D eigenvalue weighted by atomic mass is 32.1. The molecule has 39 heavy (non-hydrogen) atoms. The molecule has 0 spiro atoms. The van der Waals surface area contributed by atoms with Crippen molar-refractivity contribution in [2.45, 2.75) is 87.2 Å². The van der Waals surface area contributed by atoms with Gasteiger partial charge in [0.25, 0.3) is 5.97 Å². The zero-order valence-electron chi connectivity index (χ0n) is 24.5. The van der Waals surface area contributed by atoms with Crippen LogP contribution in [0.5, 0.6) is 0 Å². The highest BCUT2D eigenvalue weighted by molar-refractivity contribution is 7.22. The molecule has 4 aromatic rings. The third kappa shape index (κ3) is 15.2. The summed E-state index contributed by atoms with van der Waals surface area (Å²) in [5.74, 6) is -1.02. The Morgan fingerprint density at radius 2 is 1.00 bits per heavy atom. The highest BCUT2D eigenvalue weighted by Crippen LogP contribution is 2.33. The van der Waals surface area contributed by atoms with Crippen molar-refractivity contribution in [2.75, 3.05) is 0 Å². The van der Waals surface area contributed by atoms with Crippen LogP contribution in [0.2, 0.25) is 0 Å². The molecular formula is C31H44O4S4. The molecule has 0 bridgehead atoms. The fourth-order valence-electron chi connectivity index (χ4n) is 3.31. The van der Waals surface area contributed by atoms with Crippen molar-refractivity contribution in [2.24, 2.45) is 0 Å². The molecule has 1 N–H and O–H groups in total. The van der Waals surface area contributed by atoms with Gasteiger partial charge in [0.05, 0.1) is 0 Å². The molecule has 4 nitrogen and oxygen atoms in total. The summed E-state index contributed by atoms with van der Waals surface area (Å²) in [6, 6.07) is 17.5. The highest BCUT2D eigenvalue weighted by Gasteiger charge is 2.19. The van der Waals surface area contributed by atoms with Crippen molar-refractivity contribution in [1.82, 2.24) is 0 Å². The molecule has 0 unspecified atom stereocenters. The van der Waals surface area contributed by atoms with Gasteiger partial charge in [-0.1, -0.05) is 13.3 Å². The Balaban J connectivity index is 0.000000529. The molecule has 0 saturated carbocycles. The van der Waals surface area contributed by atoms with Gasteiger partial charge in [-0.3, -0.25) is 9.59 Å². The molecule has 0 aliphatic rings. The summed E-state index contributed by atoms with van der Waals surface area (Å²) in [5.41, 5.74) is -0.276. The summed E-state index contributed by atoms with van der Waals surface area (Å²) in [4.78, 5) is 30.7. The summed E-state index contributed by atoms with van der Waals surface area (Å²) in [5, 5.41) is 7.42. The normalized spacial score (nSPS) is 10.3. The monoisotopic (exact) mass is 609 g/mol. The zero-order valence-corrected chi connectivity index (χ0v) is 27.8. The lowest BCUT2D eigenvalue weighted by atomic mass is 10.0. The number of carboxylic acid groups (broad SMARTS) is 1. The van der Waals surface area contributed by atoms with Gasteiger partial charge < -0.3 is 9.84 Å². The predicted molar refractivity (Wildman–Crippen MR) is 175 cm³/mol. The first-order valence-electron chi connectivity index (χ1n) is 12.9. The van der Waals surface area contributed by atoms with Crippen molar-refractivity contribution in [3.8, 4) is 19.5 Å². The van der Waals surface area contributed by atoms with Gasteiger partial charge in [-0.15, -0.1) is 45.3 Å². The minimum atomic E-state index is -0.833. The van der Waals surface area contributed by atoms with Crippen LogP contribution < -0.4 is 0 Å². The Morgan fingerprint density at radius 1 is 0.718 bits per heavy atom. The lowest BCUT2D eigenvalue weighted by Crippen LogP contribution is -2.26. The van der Waals surface area contributed by atoms with Crippen LogP contribution in [0, 0.1) is 27.7 Å². The van der Waals surface area contributed by atoms with E-state index in [0.717, 1.165) is 26.2 Å². The average molecular weight is 610 g/mol. The standard InChI is InChI=1S/2C10H10S2.C9H18O2.C2H4O2.H2/c2*1-7-3-5-9(11-7)10-6-4-8(2)12-10;1-5-6-7-9(3,4)11-8(2)10;1-2(3)4;/h2*3-6H,1-2H3;5-7H2,1-4H3;1H3,(H,3,4);1H/i;;;;1+1. The van der Waals surface area contributed by atoms with Crippen molar-refractivity contribution < 1.29 is 20.9 Å². The number of esters is 1. The van der Waals surface area contributed by atoms with E-state index in [1.54, 1.807) is 0 Å². The van der Waals surface area contributed by atoms with Crippen molar-refractivity contribution >= 4 is 57.3 Å². The number of hydrogen-bond donors (Lipinski definition) is 1. The van der Waals surface area contributed by atoms with Gasteiger partial charge in [0.15, 0.2) is 0 Å². The van der Waals surface area contributed by atoms with Gasteiger partial charge in [-0.2, -0.15) is 0 Å². The van der Waals surface area contributed by atoms with Crippen LogP contribution in [-0.4, -0.2) is 22.6 Å². The molecule has 0 amide bonds. The van der Waals surface area contributed by atoms with Crippen LogP contribution in [0.4, 0.5) is 0 Å². The third-order valence-corrected chi connectivity index (χ3v) is 9.39. The van der Waals surface area contributed by atoms with E-state index in [1.807, 2.05) is 59.2 Å². The second-order valence-corrected chi connectivity index (χ2v) is 14.8. The number of unbranched alkanes of at least 4 members (excludes halogenated alkanes) is 1. The molecule has 0 fully saturated rings. The fourth-order valence-corrected chi connectivity index (χ4v) is 6.96. The van der Waals surface area contributed by atoms with E-state index in [1.165, 1.54) is 45.9 Å². The molecule has 0 aromatic carbocycles. The van der Waals surface area contributed by atoms with Gasteiger partial charge in [-0.25, -0.2) is 0 Å². The zero-order chi connectivity index (χ0) is 29.6. The average Bonchev–Trinajstić information content (AvgIpc) is 3.61. The minimum absolute atomic E-state index is 0. The van der Waals surface area contributed by atoms with Gasteiger partial charge >= 0.3 is 5.97 Å². The van der Waals surface area contributed by atoms with Crippen molar-refractivity contribution in [3.05, 3.63) is 68.0 Å². The van der Waals surface area contributed by atoms with Crippen LogP contribution in [-0.2, 0) is 14.3 Å². The van der Waals surface area contributed by atoms with E-state index in [2.05, 4.69) is 83.1 Å². The quantitative estimate of drug-likeness (QED) is 0.221. The molecule has 4 heterocycles. The van der Waals surface area contributed by atoms with E-state index in [4.69, 9.17) is 14.6 Å². The van der Waals surface area contributed by atoms with Crippen LogP contribution in [0.1, 0.15) is 74.8 Å². The molecule has 0 atom stereocenters. The fraction of sp³-hybridized carbons (Fsp3) is 0.419. The molecule has 216 valence electrons. The van der Waals surface area contributed by atoms with Gasteiger partial charge in [-0.05, 0) is 103 Å². The van der Waals surface area contributed by atoms with Gasteiger partial charge in [0.1, 0.15) is 5.60 Å². The van der Waals surface area contributed by atoms with Crippen molar-refractivity contribution in [3.63, 3.8) is 0 Å². The maximum atomic E-state index is 10.6. The Bertz CT molecular complexity index is 1120. The maximum Gasteiger partial charge on any atom is 0.303 e. The molecule has 8 heteroatoms. The number of ether oxygens (including phenoxy) is 1. The summed E-state index contributed by atoms with van der Waals surface area (Å²) in [7, 11) is 0. The summed E-state index contributed by atoms with van der Waals surface area (Å²) in [6.07, 6.45) is 3.20. The Labute approximate surface area is 251 Å². The lowest BCUT2D eigenvalue weighted by Gasteiger charge is -2.23. The number of carbonyl (C=O) groups excluding carboxylic acids is 1. The minimum Gasteiger partial charge on any atom is -0.481 e. The number of thiophene rings is 4. The van der Waals surface area contributed by atoms with Crippen LogP contribution >= 0.6 is 45.3 Å². The molecule has 0 saturated heterocycles. The number of rotatable bonds is 6. The second-order valence-electron chi connectivity index (χ2n) is 9.62. The maximum absolute atomic E-state index is 10.6. The molecule has 0 aliphatic heterocycles. The van der Waals surface area contributed by atoms with Crippen molar-refractivity contribution in [1.29, 1.82) is 0 Å². The third-order valence-electron chi connectivity index (χ3n) is 5.00. The van der Waals surface area contributed by atoms with Gasteiger partial charge in [0.2, 0.25) is 0 Å².